The lowest BCUT2D eigenvalue weighted by atomic mass is 10.0. The number of ether oxygens (including phenoxy) is 1. The molecule has 0 radical (unpaired) electrons. The molecule has 1 nitrogen and oxygen atoms in total. The zero-order valence-electron chi connectivity index (χ0n) is 8.30. The van der Waals surface area contributed by atoms with Gasteiger partial charge in [-0.05, 0) is 30.5 Å². The minimum atomic E-state index is 0.509. The summed E-state index contributed by atoms with van der Waals surface area (Å²) in [7, 11) is 0. The van der Waals surface area contributed by atoms with Crippen LogP contribution in [0.1, 0.15) is 32.3 Å². The molecule has 0 aliphatic carbocycles. The van der Waals surface area contributed by atoms with Crippen LogP contribution >= 0.6 is 15.9 Å². The summed E-state index contributed by atoms with van der Waals surface area (Å²) in [5, 5.41) is 0. The molecule has 0 amide bonds. The first kappa shape index (κ1) is 10.6. The lowest BCUT2D eigenvalue weighted by Gasteiger charge is -2.13. The second kappa shape index (κ2) is 4.66. The Morgan fingerprint density at radius 2 is 2.08 bits per heavy atom. The minimum Gasteiger partial charge on any atom is -0.494 e. The van der Waals surface area contributed by atoms with E-state index >= 15 is 0 Å². The Hall–Kier alpha value is -0.500. The molecule has 0 saturated carbocycles. The van der Waals surface area contributed by atoms with Crippen LogP contribution in [0.2, 0.25) is 0 Å². The van der Waals surface area contributed by atoms with E-state index in [4.69, 9.17) is 4.74 Å². The van der Waals surface area contributed by atoms with E-state index in [2.05, 4.69) is 41.9 Å². The van der Waals surface area contributed by atoms with Crippen molar-refractivity contribution < 1.29 is 4.74 Å². The molecule has 2 heteroatoms. The molecule has 1 aromatic carbocycles. The fourth-order valence-electron chi connectivity index (χ4n) is 1.27. The summed E-state index contributed by atoms with van der Waals surface area (Å²) in [5.41, 5.74) is 1.27. The van der Waals surface area contributed by atoms with Gasteiger partial charge in [0.2, 0.25) is 0 Å². The maximum atomic E-state index is 5.55. The molecule has 0 atom stereocenters. The molecule has 0 aromatic heterocycles. The van der Waals surface area contributed by atoms with Gasteiger partial charge in [-0.2, -0.15) is 0 Å². The lowest BCUT2D eigenvalue weighted by Crippen LogP contribution is -1.97. The Morgan fingerprint density at radius 3 is 2.62 bits per heavy atom. The topological polar surface area (TPSA) is 9.23 Å². The van der Waals surface area contributed by atoms with Gasteiger partial charge in [-0.1, -0.05) is 35.8 Å². The van der Waals surface area contributed by atoms with Gasteiger partial charge < -0.3 is 4.74 Å². The molecule has 0 aliphatic rings. The molecule has 0 unspecified atom stereocenters. The Morgan fingerprint density at radius 1 is 1.38 bits per heavy atom. The normalized spacial score (nSPS) is 10.5. The fourth-order valence-corrected chi connectivity index (χ4v) is 1.61. The van der Waals surface area contributed by atoms with Crippen LogP contribution in [0.4, 0.5) is 0 Å². The average Bonchev–Trinajstić information content (AvgIpc) is 2.04. The summed E-state index contributed by atoms with van der Waals surface area (Å²) in [5.74, 6) is 1.50. The number of halogens is 1. The van der Waals surface area contributed by atoms with Crippen LogP contribution in [0.3, 0.4) is 0 Å². The molecule has 0 fully saturated rings. The van der Waals surface area contributed by atoms with Crippen molar-refractivity contribution in [2.75, 3.05) is 6.61 Å². The molecule has 0 bridgehead atoms. The highest BCUT2D eigenvalue weighted by molar-refractivity contribution is 9.10. The van der Waals surface area contributed by atoms with Crippen molar-refractivity contribution in [2.24, 2.45) is 0 Å². The van der Waals surface area contributed by atoms with Gasteiger partial charge in [0.05, 0.1) is 6.61 Å². The van der Waals surface area contributed by atoms with Gasteiger partial charge in [0.25, 0.3) is 0 Å². The van der Waals surface area contributed by atoms with Crippen molar-refractivity contribution in [1.82, 2.24) is 0 Å². The van der Waals surface area contributed by atoms with Crippen molar-refractivity contribution in [3.63, 3.8) is 0 Å². The monoisotopic (exact) mass is 242 g/mol. The predicted octanol–water partition coefficient (Wildman–Crippen LogP) is 3.97. The van der Waals surface area contributed by atoms with Gasteiger partial charge in [-0.3, -0.25) is 0 Å². The van der Waals surface area contributed by atoms with Crippen molar-refractivity contribution in [1.29, 1.82) is 0 Å². The maximum Gasteiger partial charge on any atom is 0.123 e. The highest BCUT2D eigenvalue weighted by Crippen LogP contribution is 2.29. The van der Waals surface area contributed by atoms with Crippen molar-refractivity contribution in [3.8, 4) is 5.75 Å². The van der Waals surface area contributed by atoms with Crippen molar-refractivity contribution >= 4 is 15.9 Å². The van der Waals surface area contributed by atoms with Crippen LogP contribution in [0, 0.1) is 0 Å². The van der Waals surface area contributed by atoms with Gasteiger partial charge in [0, 0.05) is 4.47 Å². The zero-order valence-corrected chi connectivity index (χ0v) is 9.89. The molecule has 1 rings (SSSR count). The Kier molecular flexibility index (Phi) is 3.79. The summed E-state index contributed by atoms with van der Waals surface area (Å²) >= 11 is 3.44. The van der Waals surface area contributed by atoms with Gasteiger partial charge in [0.1, 0.15) is 5.75 Å². The summed E-state index contributed by atoms with van der Waals surface area (Å²) < 4.78 is 6.62. The molecular weight excluding hydrogens is 228 g/mol. The Labute approximate surface area is 88.2 Å². The first-order valence-electron chi connectivity index (χ1n) is 4.57. The molecule has 0 aliphatic heterocycles. The molecule has 72 valence electrons. The van der Waals surface area contributed by atoms with E-state index in [1.54, 1.807) is 0 Å². The summed E-state index contributed by atoms with van der Waals surface area (Å²) in [4.78, 5) is 0. The third-order valence-corrected chi connectivity index (χ3v) is 2.39. The van der Waals surface area contributed by atoms with E-state index in [9.17, 15) is 0 Å². The second-order valence-electron chi connectivity index (χ2n) is 3.27. The molecule has 0 heterocycles. The average molecular weight is 243 g/mol. The van der Waals surface area contributed by atoms with E-state index in [0.717, 1.165) is 16.8 Å². The van der Waals surface area contributed by atoms with Gasteiger partial charge in [-0.25, -0.2) is 0 Å². The van der Waals surface area contributed by atoms with Crippen molar-refractivity contribution in [2.45, 2.75) is 26.7 Å². The van der Waals surface area contributed by atoms with E-state index in [0.29, 0.717) is 5.92 Å². The number of hydrogen-bond acceptors (Lipinski definition) is 1. The SMILES string of the molecule is CCOc1cc(Br)ccc1C(C)C. The van der Waals surface area contributed by atoms with Crippen LogP contribution in [0.5, 0.6) is 5.75 Å². The second-order valence-corrected chi connectivity index (χ2v) is 4.19. The standard InChI is InChI=1S/C11H15BrO/c1-4-13-11-7-9(12)5-6-10(11)8(2)3/h5-8H,4H2,1-3H3. The Bertz CT molecular complexity index is 281. The van der Waals surface area contributed by atoms with E-state index in [1.807, 2.05) is 13.0 Å². The van der Waals surface area contributed by atoms with Gasteiger partial charge in [-0.15, -0.1) is 0 Å². The third-order valence-electron chi connectivity index (χ3n) is 1.90. The number of rotatable bonds is 3. The van der Waals surface area contributed by atoms with E-state index < -0.39 is 0 Å². The molecule has 13 heavy (non-hydrogen) atoms. The quantitative estimate of drug-likeness (QED) is 0.780. The van der Waals surface area contributed by atoms with E-state index in [1.165, 1.54) is 5.56 Å². The van der Waals surface area contributed by atoms with Crippen LogP contribution in [-0.4, -0.2) is 6.61 Å². The van der Waals surface area contributed by atoms with E-state index in [-0.39, 0.29) is 0 Å². The molecule has 0 saturated heterocycles. The van der Waals surface area contributed by atoms with Crippen LogP contribution < -0.4 is 4.74 Å². The first-order chi connectivity index (χ1) is 6.15. The Balaban J connectivity index is 3.03. The van der Waals surface area contributed by atoms with Crippen LogP contribution in [-0.2, 0) is 0 Å². The zero-order chi connectivity index (χ0) is 9.84. The molecule has 0 N–H and O–H groups in total. The minimum absolute atomic E-state index is 0.509. The number of benzene rings is 1. The summed E-state index contributed by atoms with van der Waals surface area (Å²) in [6.07, 6.45) is 0. The molecule has 0 spiro atoms. The highest BCUT2D eigenvalue weighted by atomic mass is 79.9. The van der Waals surface area contributed by atoms with Gasteiger partial charge >= 0.3 is 0 Å². The first-order valence-corrected chi connectivity index (χ1v) is 5.36. The molecular formula is C11H15BrO. The maximum absolute atomic E-state index is 5.55. The number of hydrogen-bond donors (Lipinski definition) is 0. The van der Waals surface area contributed by atoms with Crippen molar-refractivity contribution in [3.05, 3.63) is 28.2 Å². The molecule has 1 aromatic rings. The smallest absolute Gasteiger partial charge is 0.123 e. The third kappa shape index (κ3) is 2.73. The predicted molar refractivity (Wildman–Crippen MR) is 59.4 cm³/mol. The fraction of sp³-hybridized carbons (Fsp3) is 0.455. The van der Waals surface area contributed by atoms with Crippen LogP contribution in [0.15, 0.2) is 22.7 Å². The highest BCUT2D eigenvalue weighted by Gasteiger charge is 2.07. The van der Waals surface area contributed by atoms with Crippen LogP contribution in [0.25, 0.3) is 0 Å². The van der Waals surface area contributed by atoms with Gasteiger partial charge in [0.15, 0.2) is 0 Å². The summed E-state index contributed by atoms with van der Waals surface area (Å²) in [6, 6.07) is 6.19. The summed E-state index contributed by atoms with van der Waals surface area (Å²) in [6.45, 7) is 7.07. The lowest BCUT2D eigenvalue weighted by molar-refractivity contribution is 0.335. The largest absolute Gasteiger partial charge is 0.494 e.